The van der Waals surface area contributed by atoms with Gasteiger partial charge in [-0.15, -0.1) is 10.2 Å². The van der Waals surface area contributed by atoms with Crippen molar-refractivity contribution in [2.45, 2.75) is 0 Å². The summed E-state index contributed by atoms with van der Waals surface area (Å²) in [7, 11) is 1.31. The lowest BCUT2D eigenvalue weighted by molar-refractivity contribution is 0.0592. The van der Waals surface area contributed by atoms with Gasteiger partial charge in [-0.25, -0.2) is 4.79 Å². The van der Waals surface area contributed by atoms with Gasteiger partial charge in [-0.3, -0.25) is 0 Å². The molecule has 0 atom stereocenters. The van der Waals surface area contributed by atoms with Crippen LogP contribution in [0.25, 0.3) is 0 Å². The summed E-state index contributed by atoms with van der Waals surface area (Å²) in [4.78, 5) is 13.5. The lowest BCUT2D eigenvalue weighted by Gasteiger charge is -2.29. The van der Waals surface area contributed by atoms with Gasteiger partial charge in [0.2, 0.25) is 0 Å². The molecule has 1 fully saturated rings. The molecular weight excluding hydrogens is 246 g/mol. The van der Waals surface area contributed by atoms with Gasteiger partial charge >= 0.3 is 5.97 Å². The van der Waals surface area contributed by atoms with Crippen LogP contribution in [0.15, 0.2) is 6.07 Å². The van der Waals surface area contributed by atoms with E-state index in [1.807, 2.05) is 4.90 Å². The summed E-state index contributed by atoms with van der Waals surface area (Å²) < 4.78 is 9.92. The number of carbonyl (C=O) groups excluding carboxylic acids is 1. The van der Waals surface area contributed by atoms with Crippen molar-refractivity contribution in [3.8, 4) is 0 Å². The Kier molecular flexibility index (Phi) is 3.75. The first kappa shape index (κ1) is 12.1. The van der Waals surface area contributed by atoms with Crippen LogP contribution in [0.2, 0.25) is 5.15 Å². The molecule has 0 N–H and O–H groups in total. The van der Waals surface area contributed by atoms with Gasteiger partial charge < -0.3 is 14.4 Å². The van der Waals surface area contributed by atoms with Gasteiger partial charge in [0.1, 0.15) is 0 Å². The number of ether oxygens (including phenoxy) is 2. The van der Waals surface area contributed by atoms with Gasteiger partial charge in [-0.2, -0.15) is 0 Å². The summed E-state index contributed by atoms with van der Waals surface area (Å²) in [5.41, 5.74) is 0.818. The van der Waals surface area contributed by atoms with Crippen molar-refractivity contribution in [1.82, 2.24) is 10.2 Å². The van der Waals surface area contributed by atoms with Crippen LogP contribution < -0.4 is 4.90 Å². The highest BCUT2D eigenvalue weighted by Gasteiger charge is 2.21. The molecule has 0 bridgehead atoms. The third-order valence-corrected chi connectivity index (χ3v) is 2.66. The summed E-state index contributed by atoms with van der Waals surface area (Å²) in [6, 6.07) is 1.62. The van der Waals surface area contributed by atoms with Crippen LogP contribution >= 0.6 is 11.6 Å². The smallest absolute Gasteiger partial charge is 0.360 e. The zero-order valence-corrected chi connectivity index (χ0v) is 10.1. The highest BCUT2D eigenvalue weighted by molar-refractivity contribution is 6.29. The summed E-state index contributed by atoms with van der Waals surface area (Å²) in [5.74, 6) is -0.518. The standard InChI is InChI=1S/C10H12ClN3O3/c1-16-10(15)9-7(6-8(11)12-13-9)14-2-4-17-5-3-14/h6H,2-5H2,1H3. The fourth-order valence-electron chi connectivity index (χ4n) is 1.65. The van der Waals surface area contributed by atoms with Gasteiger partial charge in [0.15, 0.2) is 10.8 Å². The maximum Gasteiger partial charge on any atom is 0.360 e. The number of hydrogen-bond donors (Lipinski definition) is 0. The maximum atomic E-state index is 11.6. The van der Waals surface area contributed by atoms with E-state index in [9.17, 15) is 4.79 Å². The van der Waals surface area contributed by atoms with E-state index in [0.717, 1.165) is 0 Å². The third-order valence-electron chi connectivity index (χ3n) is 2.47. The van der Waals surface area contributed by atoms with Crippen molar-refractivity contribution in [1.29, 1.82) is 0 Å². The molecule has 1 aliphatic rings. The summed E-state index contributed by atoms with van der Waals surface area (Å²) in [5, 5.41) is 7.69. The van der Waals surface area contributed by atoms with Crippen LogP contribution in [0.3, 0.4) is 0 Å². The molecule has 0 saturated carbocycles. The van der Waals surface area contributed by atoms with E-state index in [1.54, 1.807) is 6.07 Å². The molecule has 6 nitrogen and oxygen atoms in total. The number of hydrogen-bond acceptors (Lipinski definition) is 6. The average Bonchev–Trinajstić information content (AvgIpc) is 2.39. The average molecular weight is 258 g/mol. The van der Waals surface area contributed by atoms with Crippen molar-refractivity contribution < 1.29 is 14.3 Å². The predicted molar refractivity (Wildman–Crippen MR) is 61.4 cm³/mol. The van der Waals surface area contributed by atoms with Crippen molar-refractivity contribution in [3.63, 3.8) is 0 Å². The highest BCUT2D eigenvalue weighted by atomic mass is 35.5. The number of nitrogens with zero attached hydrogens (tertiary/aromatic N) is 3. The Balaban J connectivity index is 2.35. The molecule has 1 saturated heterocycles. The Morgan fingerprint density at radius 2 is 2.18 bits per heavy atom. The maximum absolute atomic E-state index is 11.6. The zero-order valence-electron chi connectivity index (χ0n) is 9.35. The quantitative estimate of drug-likeness (QED) is 0.729. The zero-order chi connectivity index (χ0) is 12.3. The van der Waals surface area contributed by atoms with E-state index in [0.29, 0.717) is 32.0 Å². The first-order chi connectivity index (χ1) is 8.22. The fraction of sp³-hybridized carbons (Fsp3) is 0.500. The van der Waals surface area contributed by atoms with Crippen molar-refractivity contribution >= 4 is 23.3 Å². The molecule has 17 heavy (non-hydrogen) atoms. The van der Waals surface area contributed by atoms with Crippen molar-refractivity contribution in [2.24, 2.45) is 0 Å². The number of methoxy groups -OCH3 is 1. The Morgan fingerprint density at radius 1 is 1.47 bits per heavy atom. The van der Waals surface area contributed by atoms with Crippen LogP contribution in [0.5, 0.6) is 0 Å². The number of esters is 1. The topological polar surface area (TPSA) is 64.5 Å². The van der Waals surface area contributed by atoms with Gasteiger partial charge in [0.25, 0.3) is 0 Å². The molecule has 0 amide bonds. The number of halogens is 1. The third kappa shape index (κ3) is 2.65. The molecule has 0 radical (unpaired) electrons. The Hall–Kier alpha value is -1.40. The molecule has 0 spiro atoms. The molecule has 0 aromatic carbocycles. The second-order valence-electron chi connectivity index (χ2n) is 3.49. The molecule has 1 aromatic heterocycles. The molecule has 1 aromatic rings. The van der Waals surface area contributed by atoms with Gasteiger partial charge in [0.05, 0.1) is 26.0 Å². The highest BCUT2D eigenvalue weighted by Crippen LogP contribution is 2.22. The van der Waals surface area contributed by atoms with E-state index in [2.05, 4.69) is 14.9 Å². The van der Waals surface area contributed by atoms with Crippen molar-refractivity contribution in [3.05, 3.63) is 16.9 Å². The van der Waals surface area contributed by atoms with Crippen LogP contribution in [0, 0.1) is 0 Å². The van der Waals surface area contributed by atoms with Gasteiger partial charge in [-0.1, -0.05) is 11.6 Å². The summed E-state index contributed by atoms with van der Waals surface area (Å²) in [6.45, 7) is 2.60. The lowest BCUT2D eigenvalue weighted by Crippen LogP contribution is -2.37. The monoisotopic (exact) mass is 257 g/mol. The minimum Gasteiger partial charge on any atom is -0.464 e. The minimum atomic E-state index is -0.518. The Labute approximate surface area is 103 Å². The van der Waals surface area contributed by atoms with E-state index in [1.165, 1.54) is 7.11 Å². The molecule has 7 heteroatoms. The first-order valence-electron chi connectivity index (χ1n) is 5.16. The lowest BCUT2D eigenvalue weighted by atomic mass is 10.2. The molecule has 0 aliphatic carbocycles. The fourth-order valence-corrected chi connectivity index (χ4v) is 1.79. The largest absolute Gasteiger partial charge is 0.464 e. The first-order valence-corrected chi connectivity index (χ1v) is 5.54. The van der Waals surface area contributed by atoms with E-state index in [-0.39, 0.29) is 10.8 Å². The van der Waals surface area contributed by atoms with E-state index in [4.69, 9.17) is 16.3 Å². The Bertz CT molecular complexity index is 421. The molecule has 1 aliphatic heterocycles. The second kappa shape index (κ2) is 5.29. The normalized spacial score (nSPS) is 15.8. The van der Waals surface area contributed by atoms with Crippen LogP contribution in [-0.2, 0) is 9.47 Å². The Morgan fingerprint density at radius 3 is 2.82 bits per heavy atom. The van der Waals surface area contributed by atoms with Crippen LogP contribution in [0.1, 0.15) is 10.5 Å². The molecule has 92 valence electrons. The van der Waals surface area contributed by atoms with Crippen LogP contribution in [-0.4, -0.2) is 49.6 Å². The van der Waals surface area contributed by atoms with Gasteiger partial charge in [-0.05, 0) is 0 Å². The van der Waals surface area contributed by atoms with Gasteiger partial charge in [0, 0.05) is 19.2 Å². The van der Waals surface area contributed by atoms with Crippen LogP contribution in [0.4, 0.5) is 5.69 Å². The van der Waals surface area contributed by atoms with Crippen molar-refractivity contribution in [2.75, 3.05) is 38.3 Å². The number of carbonyl (C=O) groups is 1. The number of anilines is 1. The SMILES string of the molecule is COC(=O)c1nnc(Cl)cc1N1CCOCC1. The number of rotatable bonds is 2. The molecular formula is C10H12ClN3O3. The minimum absolute atomic E-state index is 0.179. The molecule has 0 unspecified atom stereocenters. The second-order valence-corrected chi connectivity index (χ2v) is 3.88. The number of aromatic nitrogens is 2. The predicted octanol–water partition coefficient (Wildman–Crippen LogP) is 0.753. The molecule has 2 heterocycles. The summed E-state index contributed by atoms with van der Waals surface area (Å²) in [6.07, 6.45) is 0. The number of morpholine rings is 1. The summed E-state index contributed by atoms with van der Waals surface area (Å²) >= 11 is 5.80. The molecule has 2 rings (SSSR count). The van der Waals surface area contributed by atoms with E-state index >= 15 is 0 Å². The van der Waals surface area contributed by atoms with E-state index < -0.39 is 5.97 Å².